The minimum atomic E-state index is -0.566. The zero-order valence-electron chi connectivity index (χ0n) is 13.5. The van der Waals surface area contributed by atoms with Crippen LogP contribution in [0.3, 0.4) is 0 Å². The average molecular weight is 337 g/mol. The van der Waals surface area contributed by atoms with Gasteiger partial charge in [-0.3, -0.25) is 14.3 Å². The number of likely N-dealkylation sites (tertiary alicyclic amines) is 1. The SMILES string of the molecule is Cc1csc2[nH]c(=O)n(C3CN(C(=O)OC(C)(C)C)C3)c(=O)c12. The number of aryl methyl sites for hydroxylation is 1. The number of fused-ring (bicyclic) bond motifs is 1. The molecule has 3 heterocycles. The van der Waals surface area contributed by atoms with E-state index in [0.29, 0.717) is 23.3 Å². The largest absolute Gasteiger partial charge is 0.444 e. The fourth-order valence-electron chi connectivity index (χ4n) is 2.60. The number of rotatable bonds is 1. The Kier molecular flexibility index (Phi) is 3.59. The van der Waals surface area contributed by atoms with Crippen LogP contribution in [0.2, 0.25) is 0 Å². The first-order valence-corrected chi connectivity index (χ1v) is 8.26. The standard InChI is InChI=1S/C15H19N3O4S/c1-8-7-23-11-10(8)12(19)18(13(20)16-11)9-5-17(6-9)14(21)22-15(2,3)4/h7,9H,5-6H2,1-4H3,(H,16,20). The van der Waals surface area contributed by atoms with Gasteiger partial charge in [0.25, 0.3) is 5.56 Å². The van der Waals surface area contributed by atoms with Crippen molar-refractivity contribution in [2.24, 2.45) is 0 Å². The molecule has 1 N–H and O–H groups in total. The molecule has 23 heavy (non-hydrogen) atoms. The molecule has 1 amide bonds. The maximum absolute atomic E-state index is 12.6. The number of aromatic amines is 1. The van der Waals surface area contributed by atoms with E-state index in [1.807, 2.05) is 12.3 Å². The monoisotopic (exact) mass is 337 g/mol. The lowest BCUT2D eigenvalue weighted by molar-refractivity contribution is 0.000190. The van der Waals surface area contributed by atoms with E-state index in [2.05, 4.69) is 4.98 Å². The Morgan fingerprint density at radius 3 is 2.61 bits per heavy atom. The number of thiophene rings is 1. The minimum Gasteiger partial charge on any atom is -0.444 e. The molecule has 2 aromatic rings. The molecule has 0 bridgehead atoms. The van der Waals surface area contributed by atoms with Crippen molar-refractivity contribution in [3.05, 3.63) is 31.8 Å². The number of aromatic nitrogens is 2. The van der Waals surface area contributed by atoms with Crippen LogP contribution < -0.4 is 11.2 Å². The average Bonchev–Trinajstić information content (AvgIpc) is 2.70. The summed E-state index contributed by atoms with van der Waals surface area (Å²) in [6.45, 7) is 7.83. The quantitative estimate of drug-likeness (QED) is 0.861. The van der Waals surface area contributed by atoms with E-state index in [-0.39, 0.29) is 11.6 Å². The molecule has 0 atom stereocenters. The molecule has 7 nitrogen and oxygen atoms in total. The summed E-state index contributed by atoms with van der Waals surface area (Å²) in [6, 6.07) is -0.317. The Hall–Kier alpha value is -2.09. The molecular weight excluding hydrogens is 318 g/mol. The molecule has 0 aliphatic carbocycles. The van der Waals surface area contributed by atoms with E-state index in [1.165, 1.54) is 20.8 Å². The molecule has 0 saturated carbocycles. The molecule has 1 saturated heterocycles. The lowest BCUT2D eigenvalue weighted by atomic mass is 10.1. The molecule has 0 unspecified atom stereocenters. The molecule has 0 radical (unpaired) electrons. The van der Waals surface area contributed by atoms with Crippen LogP contribution in [-0.2, 0) is 4.74 Å². The van der Waals surface area contributed by atoms with E-state index in [4.69, 9.17) is 4.74 Å². The van der Waals surface area contributed by atoms with E-state index in [0.717, 1.165) is 5.56 Å². The predicted molar refractivity (Wildman–Crippen MR) is 88.3 cm³/mol. The Balaban J connectivity index is 1.84. The molecule has 0 spiro atoms. The van der Waals surface area contributed by atoms with Gasteiger partial charge in [0.15, 0.2) is 0 Å². The van der Waals surface area contributed by atoms with Crippen LogP contribution in [0.1, 0.15) is 32.4 Å². The summed E-state index contributed by atoms with van der Waals surface area (Å²) in [5.74, 6) is 0. The minimum absolute atomic E-state index is 0.295. The summed E-state index contributed by atoms with van der Waals surface area (Å²) >= 11 is 1.35. The zero-order chi connectivity index (χ0) is 16.9. The Labute approximate surface area is 136 Å². The topological polar surface area (TPSA) is 84.4 Å². The first kappa shape index (κ1) is 15.8. The highest BCUT2D eigenvalue weighted by Crippen LogP contribution is 2.23. The first-order chi connectivity index (χ1) is 10.7. The van der Waals surface area contributed by atoms with Crippen molar-refractivity contribution in [1.82, 2.24) is 14.5 Å². The van der Waals surface area contributed by atoms with Gasteiger partial charge >= 0.3 is 11.8 Å². The van der Waals surface area contributed by atoms with Gasteiger partial charge in [0, 0.05) is 13.1 Å². The summed E-state index contributed by atoms with van der Waals surface area (Å²) in [6.07, 6.45) is -0.425. The number of hydrogen-bond donors (Lipinski definition) is 1. The third kappa shape index (κ3) is 2.78. The molecule has 1 fully saturated rings. The molecule has 8 heteroatoms. The number of carbonyl (C=O) groups is 1. The summed E-state index contributed by atoms with van der Waals surface area (Å²) in [5.41, 5.74) is -0.443. The second-order valence-electron chi connectivity index (χ2n) is 6.77. The maximum Gasteiger partial charge on any atom is 0.410 e. The third-order valence-electron chi connectivity index (χ3n) is 3.73. The number of hydrogen-bond acceptors (Lipinski definition) is 5. The van der Waals surface area contributed by atoms with Gasteiger partial charge in [-0.2, -0.15) is 0 Å². The number of ether oxygens (including phenoxy) is 1. The Morgan fingerprint density at radius 2 is 2.00 bits per heavy atom. The predicted octanol–water partition coefficient (Wildman–Crippen LogP) is 1.85. The molecule has 3 rings (SSSR count). The van der Waals surface area contributed by atoms with Crippen LogP contribution in [-0.4, -0.2) is 39.2 Å². The van der Waals surface area contributed by atoms with Crippen molar-refractivity contribution >= 4 is 27.6 Å². The van der Waals surface area contributed by atoms with Gasteiger partial charge in [0.05, 0.1) is 11.4 Å². The second kappa shape index (κ2) is 5.23. The maximum atomic E-state index is 12.6. The van der Waals surface area contributed by atoms with Crippen molar-refractivity contribution < 1.29 is 9.53 Å². The highest BCUT2D eigenvalue weighted by atomic mass is 32.1. The van der Waals surface area contributed by atoms with E-state index in [9.17, 15) is 14.4 Å². The fraction of sp³-hybridized carbons (Fsp3) is 0.533. The Bertz CT molecular complexity index is 881. The van der Waals surface area contributed by atoms with Crippen LogP contribution in [0.15, 0.2) is 15.0 Å². The van der Waals surface area contributed by atoms with E-state index in [1.54, 1.807) is 20.8 Å². The summed E-state index contributed by atoms with van der Waals surface area (Å²) < 4.78 is 6.49. The highest BCUT2D eigenvalue weighted by molar-refractivity contribution is 7.16. The van der Waals surface area contributed by atoms with Gasteiger partial charge in [0.1, 0.15) is 10.4 Å². The lowest BCUT2D eigenvalue weighted by Gasteiger charge is -2.39. The van der Waals surface area contributed by atoms with Crippen molar-refractivity contribution in [3.63, 3.8) is 0 Å². The zero-order valence-corrected chi connectivity index (χ0v) is 14.3. The van der Waals surface area contributed by atoms with Gasteiger partial charge in [-0.05, 0) is 38.6 Å². The number of amides is 1. The number of carbonyl (C=O) groups excluding carboxylic acids is 1. The number of H-pyrrole nitrogens is 1. The first-order valence-electron chi connectivity index (χ1n) is 7.38. The van der Waals surface area contributed by atoms with Crippen LogP contribution >= 0.6 is 11.3 Å². The molecule has 1 aliphatic heterocycles. The molecule has 2 aromatic heterocycles. The van der Waals surface area contributed by atoms with Crippen molar-refractivity contribution in [3.8, 4) is 0 Å². The van der Waals surface area contributed by atoms with Crippen molar-refractivity contribution in [1.29, 1.82) is 0 Å². The van der Waals surface area contributed by atoms with Gasteiger partial charge in [0.2, 0.25) is 0 Å². The van der Waals surface area contributed by atoms with Crippen LogP contribution in [0.5, 0.6) is 0 Å². The van der Waals surface area contributed by atoms with Crippen LogP contribution in [0.25, 0.3) is 10.2 Å². The Morgan fingerprint density at radius 1 is 1.35 bits per heavy atom. The second-order valence-corrected chi connectivity index (χ2v) is 7.65. The molecule has 0 aromatic carbocycles. The summed E-state index contributed by atoms with van der Waals surface area (Å²) in [5, 5.41) is 2.39. The van der Waals surface area contributed by atoms with Crippen molar-refractivity contribution in [2.75, 3.05) is 13.1 Å². The third-order valence-corrected chi connectivity index (χ3v) is 4.74. The van der Waals surface area contributed by atoms with Gasteiger partial charge in [-0.15, -0.1) is 11.3 Å². The van der Waals surface area contributed by atoms with Crippen molar-refractivity contribution in [2.45, 2.75) is 39.3 Å². The highest BCUT2D eigenvalue weighted by Gasteiger charge is 2.36. The summed E-state index contributed by atoms with van der Waals surface area (Å²) in [4.78, 5) is 41.5. The normalized spacial score (nSPS) is 15.7. The smallest absolute Gasteiger partial charge is 0.410 e. The fourth-order valence-corrected chi connectivity index (χ4v) is 3.52. The van der Waals surface area contributed by atoms with E-state index < -0.39 is 17.4 Å². The molecular formula is C15H19N3O4S. The van der Waals surface area contributed by atoms with Gasteiger partial charge in [-0.25, -0.2) is 9.59 Å². The van der Waals surface area contributed by atoms with Crippen LogP contribution in [0.4, 0.5) is 4.79 Å². The summed E-state index contributed by atoms with van der Waals surface area (Å²) in [7, 11) is 0. The lowest BCUT2D eigenvalue weighted by Crippen LogP contribution is -2.56. The molecule has 1 aliphatic rings. The van der Waals surface area contributed by atoms with Gasteiger partial charge < -0.3 is 9.64 Å². The van der Waals surface area contributed by atoms with Crippen LogP contribution in [0, 0.1) is 6.92 Å². The number of nitrogens with zero attached hydrogens (tertiary/aromatic N) is 2. The van der Waals surface area contributed by atoms with E-state index >= 15 is 0 Å². The van der Waals surface area contributed by atoms with Gasteiger partial charge in [-0.1, -0.05) is 0 Å². The molecule has 124 valence electrons. The number of nitrogens with one attached hydrogen (secondary N) is 1.